The van der Waals surface area contributed by atoms with E-state index < -0.39 is 0 Å². The van der Waals surface area contributed by atoms with Crippen molar-refractivity contribution in [1.82, 2.24) is 35.3 Å². The number of carbonyl (C=O) groups excluding carboxylic acids is 1. The summed E-state index contributed by atoms with van der Waals surface area (Å²) in [6.07, 6.45) is 4.24. The Bertz CT molecular complexity index is 792. The van der Waals surface area contributed by atoms with Crippen molar-refractivity contribution in [2.75, 3.05) is 6.54 Å². The van der Waals surface area contributed by atoms with Crippen LogP contribution in [0.15, 0.2) is 36.7 Å². The Labute approximate surface area is 139 Å². The average molecular weight is 325 g/mol. The SMILES string of the molecule is CCCN(Cc1ccc(-c2nn[nH]n2)cc1)C(=O)c1cnn(C)c1. The molecule has 3 rings (SSSR count). The minimum absolute atomic E-state index is 0.00723. The molecule has 0 radical (unpaired) electrons. The second kappa shape index (κ2) is 7.03. The van der Waals surface area contributed by atoms with E-state index in [2.05, 4.69) is 32.6 Å². The largest absolute Gasteiger partial charge is 0.334 e. The van der Waals surface area contributed by atoms with E-state index in [1.54, 1.807) is 24.1 Å². The maximum Gasteiger partial charge on any atom is 0.257 e. The van der Waals surface area contributed by atoms with Gasteiger partial charge in [0.15, 0.2) is 0 Å². The number of hydrogen-bond acceptors (Lipinski definition) is 5. The monoisotopic (exact) mass is 325 g/mol. The Morgan fingerprint density at radius 2 is 2.08 bits per heavy atom. The molecule has 24 heavy (non-hydrogen) atoms. The van der Waals surface area contributed by atoms with Crippen LogP contribution in [0.2, 0.25) is 0 Å². The first kappa shape index (κ1) is 15.9. The van der Waals surface area contributed by atoms with E-state index in [0.717, 1.165) is 17.5 Å². The Morgan fingerprint density at radius 3 is 2.67 bits per heavy atom. The maximum atomic E-state index is 12.6. The van der Waals surface area contributed by atoms with Gasteiger partial charge in [-0.25, -0.2) is 0 Å². The van der Waals surface area contributed by atoms with Crippen LogP contribution in [-0.2, 0) is 13.6 Å². The van der Waals surface area contributed by atoms with E-state index in [1.807, 2.05) is 29.2 Å². The molecular weight excluding hydrogens is 306 g/mol. The summed E-state index contributed by atoms with van der Waals surface area (Å²) < 4.78 is 1.64. The van der Waals surface area contributed by atoms with E-state index in [0.29, 0.717) is 24.5 Å². The van der Waals surface area contributed by atoms with Gasteiger partial charge in [-0.2, -0.15) is 10.3 Å². The number of H-pyrrole nitrogens is 1. The predicted octanol–water partition coefficient (Wildman–Crippen LogP) is 1.65. The van der Waals surface area contributed by atoms with E-state index >= 15 is 0 Å². The Kier molecular flexibility index (Phi) is 4.64. The lowest BCUT2D eigenvalue weighted by molar-refractivity contribution is 0.0743. The lowest BCUT2D eigenvalue weighted by atomic mass is 10.1. The molecule has 124 valence electrons. The minimum Gasteiger partial charge on any atom is -0.334 e. The number of hydrogen-bond donors (Lipinski definition) is 1. The Balaban J connectivity index is 1.74. The molecule has 8 heteroatoms. The highest BCUT2D eigenvalue weighted by Gasteiger charge is 2.17. The first-order valence-electron chi connectivity index (χ1n) is 7.78. The highest BCUT2D eigenvalue weighted by atomic mass is 16.2. The number of aromatic nitrogens is 6. The number of aromatic amines is 1. The molecule has 1 N–H and O–H groups in total. The van der Waals surface area contributed by atoms with Gasteiger partial charge in [0, 0.05) is 31.9 Å². The van der Waals surface area contributed by atoms with Gasteiger partial charge in [-0.1, -0.05) is 31.2 Å². The molecule has 0 aliphatic heterocycles. The number of benzene rings is 1. The number of nitrogens with zero attached hydrogens (tertiary/aromatic N) is 6. The fourth-order valence-corrected chi connectivity index (χ4v) is 2.50. The standard InChI is InChI=1S/C16H19N7O/c1-3-8-23(16(24)14-9-17-22(2)11-14)10-12-4-6-13(7-5-12)15-18-20-21-19-15/h4-7,9,11H,3,8,10H2,1-2H3,(H,18,19,20,21). The highest BCUT2D eigenvalue weighted by molar-refractivity contribution is 5.93. The molecule has 8 nitrogen and oxygen atoms in total. The van der Waals surface area contributed by atoms with Gasteiger partial charge in [0.05, 0.1) is 11.8 Å². The van der Waals surface area contributed by atoms with Crippen molar-refractivity contribution >= 4 is 5.91 Å². The zero-order valence-corrected chi connectivity index (χ0v) is 13.7. The molecule has 0 bridgehead atoms. The summed E-state index contributed by atoms with van der Waals surface area (Å²) in [7, 11) is 1.80. The van der Waals surface area contributed by atoms with Crippen LogP contribution in [0.4, 0.5) is 0 Å². The number of rotatable bonds is 6. The number of nitrogens with one attached hydrogen (secondary N) is 1. The van der Waals surface area contributed by atoms with E-state index in [-0.39, 0.29) is 5.91 Å². The third-order valence-corrected chi connectivity index (χ3v) is 3.66. The molecule has 2 aromatic heterocycles. The molecule has 3 aromatic rings. The first-order valence-corrected chi connectivity index (χ1v) is 7.78. The van der Waals surface area contributed by atoms with Crippen molar-refractivity contribution in [3.63, 3.8) is 0 Å². The number of carbonyl (C=O) groups is 1. The molecule has 1 aromatic carbocycles. The van der Waals surface area contributed by atoms with Gasteiger partial charge < -0.3 is 4.90 Å². The highest BCUT2D eigenvalue weighted by Crippen LogP contribution is 2.16. The molecule has 0 aliphatic carbocycles. The topological polar surface area (TPSA) is 92.6 Å². The first-order chi connectivity index (χ1) is 11.7. The average Bonchev–Trinajstić information content (AvgIpc) is 3.26. The van der Waals surface area contributed by atoms with Crippen LogP contribution in [0.5, 0.6) is 0 Å². The van der Waals surface area contributed by atoms with Crippen LogP contribution in [0.3, 0.4) is 0 Å². The van der Waals surface area contributed by atoms with Gasteiger partial charge in [0.2, 0.25) is 5.82 Å². The van der Waals surface area contributed by atoms with Crippen molar-refractivity contribution < 1.29 is 4.79 Å². The van der Waals surface area contributed by atoms with Gasteiger partial charge >= 0.3 is 0 Å². The van der Waals surface area contributed by atoms with E-state index in [9.17, 15) is 4.79 Å². The van der Waals surface area contributed by atoms with E-state index in [1.165, 1.54) is 0 Å². The molecule has 2 heterocycles. The van der Waals surface area contributed by atoms with E-state index in [4.69, 9.17) is 0 Å². The molecule has 1 amide bonds. The zero-order chi connectivity index (χ0) is 16.9. The van der Waals surface area contributed by atoms with Gasteiger partial charge in [0.1, 0.15) is 0 Å². The molecule has 0 unspecified atom stereocenters. The minimum atomic E-state index is -0.00723. The van der Waals surface area contributed by atoms with Crippen molar-refractivity contribution in [1.29, 1.82) is 0 Å². The molecule has 0 aliphatic rings. The third-order valence-electron chi connectivity index (χ3n) is 3.66. The fourth-order valence-electron chi connectivity index (χ4n) is 2.50. The van der Waals surface area contributed by atoms with Crippen molar-refractivity contribution in [3.8, 4) is 11.4 Å². The van der Waals surface area contributed by atoms with Crippen LogP contribution in [0, 0.1) is 0 Å². The molecule has 0 fully saturated rings. The van der Waals surface area contributed by atoms with Gasteiger partial charge in [-0.05, 0) is 17.2 Å². The molecular formula is C16H19N7O. The summed E-state index contributed by atoms with van der Waals surface area (Å²) >= 11 is 0. The maximum absolute atomic E-state index is 12.6. The Morgan fingerprint density at radius 1 is 1.29 bits per heavy atom. The van der Waals surface area contributed by atoms with Crippen LogP contribution in [0.1, 0.15) is 29.3 Å². The summed E-state index contributed by atoms with van der Waals surface area (Å²) in [6.45, 7) is 3.30. The molecule has 0 saturated heterocycles. The van der Waals surface area contributed by atoms with Crippen molar-refractivity contribution in [3.05, 3.63) is 47.8 Å². The van der Waals surface area contributed by atoms with Gasteiger partial charge in [-0.3, -0.25) is 9.48 Å². The zero-order valence-electron chi connectivity index (χ0n) is 13.7. The second-order valence-electron chi connectivity index (χ2n) is 5.56. The van der Waals surface area contributed by atoms with Crippen LogP contribution in [-0.4, -0.2) is 47.8 Å². The third kappa shape index (κ3) is 3.48. The fraction of sp³-hybridized carbons (Fsp3) is 0.312. The lowest BCUT2D eigenvalue weighted by Crippen LogP contribution is -2.31. The molecule has 0 atom stereocenters. The number of tetrazole rings is 1. The normalized spacial score (nSPS) is 10.8. The van der Waals surface area contributed by atoms with Gasteiger partial charge in [0.25, 0.3) is 5.91 Å². The summed E-state index contributed by atoms with van der Waals surface area (Å²) in [6, 6.07) is 7.81. The number of aryl methyl sites for hydroxylation is 1. The van der Waals surface area contributed by atoms with Crippen molar-refractivity contribution in [2.24, 2.45) is 7.05 Å². The van der Waals surface area contributed by atoms with Gasteiger partial charge in [-0.15, -0.1) is 10.2 Å². The summed E-state index contributed by atoms with van der Waals surface area (Å²) in [4.78, 5) is 14.5. The smallest absolute Gasteiger partial charge is 0.257 e. The van der Waals surface area contributed by atoms with Crippen LogP contribution >= 0.6 is 0 Å². The lowest BCUT2D eigenvalue weighted by Gasteiger charge is -2.21. The summed E-state index contributed by atoms with van der Waals surface area (Å²) in [5, 5.41) is 18.0. The summed E-state index contributed by atoms with van der Waals surface area (Å²) in [5.41, 5.74) is 2.54. The Hall–Kier alpha value is -3.03. The predicted molar refractivity (Wildman–Crippen MR) is 87.9 cm³/mol. The molecule has 0 spiro atoms. The van der Waals surface area contributed by atoms with Crippen LogP contribution < -0.4 is 0 Å². The molecule has 0 saturated carbocycles. The summed E-state index contributed by atoms with van der Waals surface area (Å²) in [5.74, 6) is 0.547. The van der Waals surface area contributed by atoms with Crippen LogP contribution in [0.25, 0.3) is 11.4 Å². The van der Waals surface area contributed by atoms with Crippen molar-refractivity contribution in [2.45, 2.75) is 19.9 Å². The second-order valence-corrected chi connectivity index (χ2v) is 5.56. The quantitative estimate of drug-likeness (QED) is 0.744. The number of amides is 1.